The first-order valence-electron chi connectivity index (χ1n) is 9.60. The van der Waals surface area contributed by atoms with Crippen molar-refractivity contribution >= 4 is 28.5 Å². The van der Waals surface area contributed by atoms with Gasteiger partial charge < -0.3 is 19.7 Å². The number of nitrogens with zero attached hydrogens (tertiary/aromatic N) is 2. The normalized spacial score (nSPS) is 19.9. The fourth-order valence-electron chi connectivity index (χ4n) is 3.38. The molecule has 3 heterocycles. The van der Waals surface area contributed by atoms with Gasteiger partial charge in [0.1, 0.15) is 12.2 Å². The summed E-state index contributed by atoms with van der Waals surface area (Å²) in [4.78, 5) is 17.3. The summed E-state index contributed by atoms with van der Waals surface area (Å²) < 4.78 is 19.6. The fraction of sp³-hybridized carbons (Fsp3) is 0.364. The van der Waals surface area contributed by atoms with E-state index >= 15 is 0 Å². The lowest BCUT2D eigenvalue weighted by Gasteiger charge is -2.28. The first-order chi connectivity index (χ1) is 14.5. The SMILES string of the molecule is C#CC/C=C(\C=C/CF)Cn1cc(C(=O)N[C@H]2CCOCC2O)c2nccc(Cl)c21. The largest absolute Gasteiger partial charge is 0.389 e. The van der Waals surface area contributed by atoms with Gasteiger partial charge in [0.25, 0.3) is 5.91 Å². The quantitative estimate of drug-likeness (QED) is 0.522. The zero-order valence-corrected chi connectivity index (χ0v) is 17.1. The molecule has 0 saturated carbocycles. The van der Waals surface area contributed by atoms with Gasteiger partial charge in [-0.1, -0.05) is 29.8 Å². The summed E-state index contributed by atoms with van der Waals surface area (Å²) in [7, 11) is 0. The third kappa shape index (κ3) is 5.08. The Labute approximate surface area is 179 Å². The van der Waals surface area contributed by atoms with Crippen LogP contribution in [0.2, 0.25) is 5.02 Å². The van der Waals surface area contributed by atoms with Crippen molar-refractivity contribution in [1.82, 2.24) is 14.9 Å². The van der Waals surface area contributed by atoms with E-state index in [-0.39, 0.29) is 12.5 Å². The zero-order valence-electron chi connectivity index (χ0n) is 16.4. The number of hydrogen-bond acceptors (Lipinski definition) is 4. The van der Waals surface area contributed by atoms with Crippen LogP contribution in [0.15, 0.2) is 42.3 Å². The molecule has 0 bridgehead atoms. The molecule has 0 spiro atoms. The molecule has 2 N–H and O–H groups in total. The van der Waals surface area contributed by atoms with Crippen LogP contribution in [0.25, 0.3) is 11.0 Å². The molecule has 2 aromatic heterocycles. The fourth-order valence-corrected chi connectivity index (χ4v) is 3.63. The minimum Gasteiger partial charge on any atom is -0.389 e. The molecule has 6 nitrogen and oxygen atoms in total. The second-order valence-corrected chi connectivity index (χ2v) is 7.32. The molecule has 30 heavy (non-hydrogen) atoms. The summed E-state index contributed by atoms with van der Waals surface area (Å²) in [6, 6.07) is 1.24. The van der Waals surface area contributed by atoms with Gasteiger partial charge in [0.15, 0.2) is 0 Å². The number of amides is 1. The molecular weight excluding hydrogens is 409 g/mol. The van der Waals surface area contributed by atoms with Crippen molar-refractivity contribution in [1.29, 1.82) is 0 Å². The third-order valence-corrected chi connectivity index (χ3v) is 5.15. The predicted molar refractivity (Wildman–Crippen MR) is 114 cm³/mol. The average molecular weight is 432 g/mol. The number of aliphatic hydroxyl groups excluding tert-OH is 1. The van der Waals surface area contributed by atoms with Crippen molar-refractivity contribution in [3.8, 4) is 12.3 Å². The second-order valence-electron chi connectivity index (χ2n) is 6.92. The number of nitrogens with one attached hydrogen (secondary N) is 1. The standard InChI is InChI=1S/C22H23ClFN3O3/c1-2-3-5-15(6-4-9-24)12-27-13-16(20-21(27)17(23)7-10-25-20)22(29)26-18-8-11-30-14-19(18)28/h1,4-7,10,13,18-19,28H,3,8-9,11-12,14H2,(H,26,29)/b6-4-,15-5+/t18-,19?/m0/s1. The van der Waals surface area contributed by atoms with Crippen molar-refractivity contribution in [2.24, 2.45) is 0 Å². The molecule has 2 aromatic rings. The van der Waals surface area contributed by atoms with E-state index in [9.17, 15) is 14.3 Å². The minimum atomic E-state index is -0.767. The molecule has 1 fully saturated rings. The Morgan fingerprint density at radius 2 is 2.40 bits per heavy atom. The van der Waals surface area contributed by atoms with E-state index in [1.807, 2.05) is 6.08 Å². The number of hydrogen-bond donors (Lipinski definition) is 2. The van der Waals surface area contributed by atoms with Crippen LogP contribution < -0.4 is 5.32 Å². The summed E-state index contributed by atoms with van der Waals surface area (Å²) in [5, 5.41) is 13.4. The molecule has 1 aliphatic heterocycles. The van der Waals surface area contributed by atoms with Gasteiger partial charge in [0.2, 0.25) is 0 Å². The number of halogens is 2. The van der Waals surface area contributed by atoms with Crippen LogP contribution in [-0.2, 0) is 11.3 Å². The molecule has 1 aliphatic rings. The van der Waals surface area contributed by atoms with Crippen LogP contribution in [0.5, 0.6) is 0 Å². The van der Waals surface area contributed by atoms with Gasteiger partial charge in [0.05, 0.1) is 34.9 Å². The Kier molecular flexibility index (Phi) is 7.63. The summed E-state index contributed by atoms with van der Waals surface area (Å²) in [5.74, 6) is 2.18. The van der Waals surface area contributed by atoms with Gasteiger partial charge in [0, 0.05) is 32.0 Å². The highest BCUT2D eigenvalue weighted by molar-refractivity contribution is 6.35. The van der Waals surface area contributed by atoms with E-state index in [0.29, 0.717) is 47.6 Å². The first-order valence-corrected chi connectivity index (χ1v) is 9.98. The number of aliphatic hydroxyl groups is 1. The molecule has 0 aromatic carbocycles. The molecule has 3 rings (SSSR count). The Morgan fingerprint density at radius 3 is 3.13 bits per heavy atom. The van der Waals surface area contributed by atoms with Gasteiger partial charge in [-0.3, -0.25) is 9.78 Å². The lowest BCUT2D eigenvalue weighted by atomic mass is 10.1. The predicted octanol–water partition coefficient (Wildman–Crippen LogP) is 3.04. The minimum absolute atomic E-state index is 0.182. The van der Waals surface area contributed by atoms with Crippen molar-refractivity contribution < 1.29 is 19.0 Å². The van der Waals surface area contributed by atoms with E-state index in [1.54, 1.807) is 22.9 Å². The highest BCUT2D eigenvalue weighted by Crippen LogP contribution is 2.27. The maximum Gasteiger partial charge on any atom is 0.255 e. The molecule has 1 saturated heterocycles. The van der Waals surface area contributed by atoms with Gasteiger partial charge in [-0.05, 0) is 18.1 Å². The smallest absolute Gasteiger partial charge is 0.255 e. The summed E-state index contributed by atoms with van der Waals surface area (Å²) in [5.41, 5.74) is 2.18. The average Bonchev–Trinajstić information content (AvgIpc) is 3.11. The Bertz CT molecular complexity index is 1010. The molecule has 158 valence electrons. The first kappa shape index (κ1) is 22.0. The van der Waals surface area contributed by atoms with E-state index in [0.717, 1.165) is 5.57 Å². The van der Waals surface area contributed by atoms with Crippen LogP contribution >= 0.6 is 11.6 Å². The molecule has 1 unspecified atom stereocenters. The maximum atomic E-state index is 13.0. The number of ether oxygens (including phenoxy) is 1. The van der Waals surface area contributed by atoms with E-state index in [1.165, 1.54) is 12.3 Å². The number of terminal acetylenes is 1. The van der Waals surface area contributed by atoms with Gasteiger partial charge in [-0.25, -0.2) is 4.39 Å². The van der Waals surface area contributed by atoms with Crippen molar-refractivity contribution in [3.05, 3.63) is 52.8 Å². The lowest BCUT2D eigenvalue weighted by Crippen LogP contribution is -2.48. The van der Waals surface area contributed by atoms with Crippen molar-refractivity contribution in [3.63, 3.8) is 0 Å². The molecular formula is C22H23ClFN3O3. The van der Waals surface area contributed by atoms with Crippen LogP contribution in [-0.4, -0.2) is 52.6 Å². The van der Waals surface area contributed by atoms with Crippen molar-refractivity contribution in [2.45, 2.75) is 31.5 Å². The Balaban J connectivity index is 1.95. The van der Waals surface area contributed by atoms with Crippen LogP contribution in [0.3, 0.4) is 0 Å². The number of rotatable bonds is 7. The van der Waals surface area contributed by atoms with E-state index in [2.05, 4.69) is 16.2 Å². The maximum absolute atomic E-state index is 13.0. The topological polar surface area (TPSA) is 76.4 Å². The van der Waals surface area contributed by atoms with Gasteiger partial charge >= 0.3 is 0 Å². The summed E-state index contributed by atoms with van der Waals surface area (Å²) in [6.45, 7) is 0.398. The number of fused-ring (bicyclic) bond motifs is 1. The van der Waals surface area contributed by atoms with Gasteiger partial charge in [-0.2, -0.15) is 0 Å². The van der Waals surface area contributed by atoms with E-state index < -0.39 is 18.8 Å². The number of aromatic nitrogens is 2. The second kappa shape index (κ2) is 10.4. The van der Waals surface area contributed by atoms with Crippen LogP contribution in [0.4, 0.5) is 4.39 Å². The number of carbonyl (C=O) groups is 1. The lowest BCUT2D eigenvalue weighted by molar-refractivity contribution is -0.0260. The highest BCUT2D eigenvalue weighted by atomic mass is 35.5. The third-order valence-electron chi connectivity index (χ3n) is 4.85. The van der Waals surface area contributed by atoms with E-state index in [4.69, 9.17) is 22.8 Å². The van der Waals surface area contributed by atoms with Crippen molar-refractivity contribution in [2.75, 3.05) is 19.9 Å². The van der Waals surface area contributed by atoms with Crippen LogP contribution in [0.1, 0.15) is 23.2 Å². The summed E-state index contributed by atoms with van der Waals surface area (Å²) >= 11 is 6.41. The van der Waals surface area contributed by atoms with Gasteiger partial charge in [-0.15, -0.1) is 12.3 Å². The number of alkyl halides is 1. The number of pyridine rings is 1. The molecule has 0 radical (unpaired) electrons. The highest BCUT2D eigenvalue weighted by Gasteiger charge is 2.27. The molecule has 0 aliphatic carbocycles. The van der Waals surface area contributed by atoms with Crippen LogP contribution in [0, 0.1) is 12.3 Å². The zero-order chi connectivity index (χ0) is 21.5. The number of carbonyl (C=O) groups excluding carboxylic acids is 1. The molecule has 2 atom stereocenters. The Morgan fingerprint density at radius 1 is 1.57 bits per heavy atom. The Hall–Kier alpha value is -2.66. The molecule has 1 amide bonds. The number of allylic oxidation sites excluding steroid dienone is 4. The monoisotopic (exact) mass is 431 g/mol. The molecule has 8 heteroatoms. The summed E-state index contributed by atoms with van der Waals surface area (Å²) in [6.07, 6.45) is 13.6.